The molecular weight excluding hydrogens is 366 g/mol. The van der Waals surface area contributed by atoms with Gasteiger partial charge in [-0.3, -0.25) is 9.59 Å². The topological polar surface area (TPSA) is 87.2 Å². The van der Waals surface area contributed by atoms with Crippen LogP contribution in [0.2, 0.25) is 0 Å². The van der Waals surface area contributed by atoms with Gasteiger partial charge in [0, 0.05) is 31.4 Å². The Morgan fingerprint density at radius 3 is 2.41 bits per heavy atom. The fourth-order valence-corrected chi connectivity index (χ4v) is 3.37. The van der Waals surface area contributed by atoms with E-state index >= 15 is 0 Å². The first-order chi connectivity index (χ1) is 14.1. The van der Waals surface area contributed by atoms with Gasteiger partial charge in [0.15, 0.2) is 0 Å². The summed E-state index contributed by atoms with van der Waals surface area (Å²) in [4.78, 5) is 34.6. The number of rotatable bonds is 4. The molecule has 0 fully saturated rings. The minimum atomic E-state index is -0.354. The molecule has 0 saturated heterocycles. The van der Waals surface area contributed by atoms with Gasteiger partial charge in [-0.1, -0.05) is 30.3 Å². The highest BCUT2D eigenvalue weighted by Crippen LogP contribution is 2.22. The average Bonchev–Trinajstić information content (AvgIpc) is 2.73. The lowest BCUT2D eigenvalue weighted by atomic mass is 10.0. The summed E-state index contributed by atoms with van der Waals surface area (Å²) in [5.41, 5.74) is 4.08. The van der Waals surface area contributed by atoms with Crippen molar-refractivity contribution in [1.29, 1.82) is 0 Å². The maximum atomic E-state index is 12.5. The fourth-order valence-electron chi connectivity index (χ4n) is 3.37. The van der Waals surface area contributed by atoms with Crippen molar-refractivity contribution in [2.75, 3.05) is 22.1 Å². The molecule has 7 heteroatoms. The van der Waals surface area contributed by atoms with Crippen molar-refractivity contribution < 1.29 is 9.59 Å². The Morgan fingerprint density at radius 1 is 0.931 bits per heavy atom. The molecule has 146 valence electrons. The minimum Gasteiger partial charge on any atom is -0.351 e. The number of hydrogen-bond donors (Lipinski definition) is 2. The summed E-state index contributed by atoms with van der Waals surface area (Å²) in [6.07, 6.45) is 4.09. The molecule has 29 heavy (non-hydrogen) atoms. The first-order valence-corrected chi connectivity index (χ1v) is 9.41. The lowest BCUT2D eigenvalue weighted by Crippen LogP contribution is -2.31. The van der Waals surface area contributed by atoms with Crippen LogP contribution in [0.3, 0.4) is 0 Å². The number of aromatic nitrogens is 2. The summed E-state index contributed by atoms with van der Waals surface area (Å²) in [5.74, 6) is 0.229. The highest BCUT2D eigenvalue weighted by atomic mass is 16.2. The fraction of sp³-hybridized carbons (Fsp3) is 0.182. The van der Waals surface area contributed by atoms with Crippen LogP contribution in [-0.2, 0) is 17.8 Å². The van der Waals surface area contributed by atoms with Gasteiger partial charge in [-0.15, -0.1) is 0 Å². The minimum absolute atomic E-state index is 0.171. The zero-order valence-electron chi connectivity index (χ0n) is 16.1. The van der Waals surface area contributed by atoms with Crippen LogP contribution in [0.1, 0.15) is 28.5 Å². The highest BCUT2D eigenvalue weighted by Gasteiger charge is 2.18. The first-order valence-electron chi connectivity index (χ1n) is 9.41. The predicted molar refractivity (Wildman–Crippen MR) is 112 cm³/mol. The number of nitrogens with one attached hydrogen (secondary N) is 2. The van der Waals surface area contributed by atoms with Crippen molar-refractivity contribution in [2.24, 2.45) is 0 Å². The molecule has 0 radical (unpaired) electrons. The number of amides is 2. The summed E-state index contributed by atoms with van der Waals surface area (Å²) in [6.45, 7) is 3.09. The van der Waals surface area contributed by atoms with E-state index in [1.54, 1.807) is 30.5 Å². The van der Waals surface area contributed by atoms with Crippen molar-refractivity contribution in [2.45, 2.75) is 19.9 Å². The van der Waals surface area contributed by atoms with Gasteiger partial charge >= 0.3 is 0 Å². The van der Waals surface area contributed by atoms with Gasteiger partial charge < -0.3 is 15.5 Å². The molecule has 0 bridgehead atoms. The zero-order chi connectivity index (χ0) is 20.2. The Balaban J connectivity index is 1.43. The second-order valence-electron chi connectivity index (χ2n) is 6.92. The molecule has 0 unspecified atom stereocenters. The van der Waals surface area contributed by atoms with Crippen LogP contribution >= 0.6 is 0 Å². The monoisotopic (exact) mass is 387 g/mol. The molecule has 0 atom stereocenters. The van der Waals surface area contributed by atoms with E-state index in [-0.39, 0.29) is 17.5 Å². The van der Waals surface area contributed by atoms with Gasteiger partial charge in [0.2, 0.25) is 5.91 Å². The SMILES string of the molecule is CC(=O)Nc1cccc(NC(=O)c2cnc(N3CCc4ccccc4C3)cn2)c1. The van der Waals surface area contributed by atoms with Gasteiger partial charge in [-0.2, -0.15) is 0 Å². The van der Waals surface area contributed by atoms with Gasteiger partial charge in [0.05, 0.1) is 12.4 Å². The third-order valence-electron chi connectivity index (χ3n) is 4.77. The molecule has 2 N–H and O–H groups in total. The molecule has 0 spiro atoms. The van der Waals surface area contributed by atoms with Crippen molar-refractivity contribution in [3.05, 3.63) is 77.7 Å². The van der Waals surface area contributed by atoms with Gasteiger partial charge in [0.1, 0.15) is 11.5 Å². The molecule has 1 aliphatic rings. The zero-order valence-corrected chi connectivity index (χ0v) is 16.1. The van der Waals surface area contributed by atoms with Crippen LogP contribution in [0.4, 0.5) is 17.2 Å². The first kappa shape index (κ1) is 18.6. The molecule has 1 aliphatic heterocycles. The van der Waals surface area contributed by atoms with E-state index in [0.717, 1.165) is 25.3 Å². The van der Waals surface area contributed by atoms with Crippen molar-refractivity contribution >= 4 is 29.0 Å². The maximum absolute atomic E-state index is 12.5. The maximum Gasteiger partial charge on any atom is 0.275 e. The summed E-state index contributed by atoms with van der Waals surface area (Å²) in [5, 5.41) is 5.46. The van der Waals surface area contributed by atoms with E-state index in [1.165, 1.54) is 24.2 Å². The second kappa shape index (κ2) is 8.10. The van der Waals surface area contributed by atoms with Crippen LogP contribution in [0.5, 0.6) is 0 Å². The van der Waals surface area contributed by atoms with E-state index in [4.69, 9.17) is 0 Å². The standard InChI is InChI=1S/C22H21N5O2/c1-15(28)25-18-7-4-8-19(11-18)26-22(29)20-12-24-21(13-23-20)27-10-9-16-5-2-3-6-17(16)14-27/h2-8,11-13H,9-10,14H2,1H3,(H,25,28)(H,26,29). The molecule has 3 aromatic rings. The van der Waals surface area contributed by atoms with E-state index in [0.29, 0.717) is 11.4 Å². The third kappa shape index (κ3) is 4.40. The van der Waals surface area contributed by atoms with Crippen molar-refractivity contribution in [3.8, 4) is 0 Å². The molecule has 7 nitrogen and oxygen atoms in total. The number of benzene rings is 2. The molecule has 2 aromatic carbocycles. The Kier molecular flexibility index (Phi) is 5.20. The summed E-state index contributed by atoms with van der Waals surface area (Å²) >= 11 is 0. The molecule has 0 aliphatic carbocycles. The van der Waals surface area contributed by atoms with E-state index in [1.807, 2.05) is 6.07 Å². The van der Waals surface area contributed by atoms with E-state index in [2.05, 4.69) is 43.7 Å². The van der Waals surface area contributed by atoms with Crippen LogP contribution < -0.4 is 15.5 Å². The number of hydrogen-bond acceptors (Lipinski definition) is 5. The Bertz CT molecular complexity index is 1050. The van der Waals surface area contributed by atoms with Gasteiger partial charge in [-0.25, -0.2) is 9.97 Å². The van der Waals surface area contributed by atoms with Crippen molar-refractivity contribution in [1.82, 2.24) is 9.97 Å². The second-order valence-corrected chi connectivity index (χ2v) is 6.92. The summed E-state index contributed by atoms with van der Waals surface area (Å²) in [6, 6.07) is 15.3. The number of fused-ring (bicyclic) bond motifs is 1. The lowest BCUT2D eigenvalue weighted by Gasteiger charge is -2.29. The normalized spacial score (nSPS) is 12.8. The van der Waals surface area contributed by atoms with Gasteiger partial charge in [0.25, 0.3) is 5.91 Å². The highest BCUT2D eigenvalue weighted by molar-refractivity contribution is 6.03. The number of anilines is 3. The van der Waals surface area contributed by atoms with E-state index in [9.17, 15) is 9.59 Å². The number of carbonyl (C=O) groups is 2. The van der Waals surface area contributed by atoms with Crippen LogP contribution in [0.15, 0.2) is 60.9 Å². The van der Waals surface area contributed by atoms with Crippen LogP contribution in [-0.4, -0.2) is 28.3 Å². The smallest absolute Gasteiger partial charge is 0.275 e. The molecule has 2 amide bonds. The van der Waals surface area contributed by atoms with Gasteiger partial charge in [-0.05, 0) is 35.7 Å². The van der Waals surface area contributed by atoms with Crippen molar-refractivity contribution in [3.63, 3.8) is 0 Å². The molecule has 2 heterocycles. The molecule has 0 saturated carbocycles. The molecule has 1 aromatic heterocycles. The van der Waals surface area contributed by atoms with Crippen LogP contribution in [0, 0.1) is 0 Å². The Morgan fingerprint density at radius 2 is 1.69 bits per heavy atom. The Hall–Kier alpha value is -3.74. The average molecular weight is 387 g/mol. The molecule has 4 rings (SSSR count). The summed E-state index contributed by atoms with van der Waals surface area (Å²) in [7, 11) is 0. The quantitative estimate of drug-likeness (QED) is 0.718. The third-order valence-corrected chi connectivity index (χ3v) is 4.77. The lowest BCUT2D eigenvalue weighted by molar-refractivity contribution is -0.114. The molecular formula is C22H21N5O2. The number of carbonyl (C=O) groups excluding carboxylic acids is 2. The number of nitrogens with zero attached hydrogens (tertiary/aromatic N) is 3. The van der Waals surface area contributed by atoms with Crippen LogP contribution in [0.25, 0.3) is 0 Å². The largest absolute Gasteiger partial charge is 0.351 e. The summed E-state index contributed by atoms with van der Waals surface area (Å²) < 4.78 is 0. The predicted octanol–water partition coefficient (Wildman–Crippen LogP) is 3.25. The Labute approximate surface area is 168 Å². The van der Waals surface area contributed by atoms with E-state index < -0.39 is 0 Å².